The van der Waals surface area contributed by atoms with Crippen LogP contribution in [0.2, 0.25) is 0 Å². The lowest BCUT2D eigenvalue weighted by Gasteiger charge is -1.97. The van der Waals surface area contributed by atoms with E-state index in [2.05, 4.69) is 0 Å². The summed E-state index contributed by atoms with van der Waals surface area (Å²) < 4.78 is 12.7. The van der Waals surface area contributed by atoms with Gasteiger partial charge >= 0.3 is 0 Å². The van der Waals surface area contributed by atoms with Crippen molar-refractivity contribution in [3.63, 3.8) is 0 Å². The first-order valence-electron chi connectivity index (χ1n) is 4.01. The van der Waals surface area contributed by atoms with Crippen molar-refractivity contribution in [1.29, 1.82) is 0 Å². The van der Waals surface area contributed by atoms with Crippen LogP contribution < -0.4 is 5.73 Å². The van der Waals surface area contributed by atoms with E-state index >= 15 is 0 Å². The van der Waals surface area contributed by atoms with Gasteiger partial charge in [-0.05, 0) is 24.1 Å². The fraction of sp³-hybridized carbons (Fsp3) is 0.200. The van der Waals surface area contributed by atoms with E-state index in [4.69, 9.17) is 17.3 Å². The van der Waals surface area contributed by atoms with Gasteiger partial charge in [0.05, 0.1) is 5.69 Å². The van der Waals surface area contributed by atoms with Gasteiger partial charge in [-0.15, -0.1) is 11.6 Å². The second-order valence-corrected chi connectivity index (χ2v) is 3.04. The van der Waals surface area contributed by atoms with Crippen LogP contribution in [0, 0.1) is 5.82 Å². The lowest BCUT2D eigenvalue weighted by Crippen LogP contribution is -1.89. The molecule has 13 heavy (non-hydrogen) atoms. The fourth-order valence-electron chi connectivity index (χ4n) is 0.948. The van der Waals surface area contributed by atoms with Crippen LogP contribution in [0.4, 0.5) is 10.1 Å². The van der Waals surface area contributed by atoms with Gasteiger partial charge in [-0.1, -0.05) is 18.2 Å². The summed E-state index contributed by atoms with van der Waals surface area (Å²) in [5.74, 6) is 0.210. The molecule has 0 fully saturated rings. The first-order valence-corrected chi connectivity index (χ1v) is 4.55. The number of alkyl halides is 1. The smallest absolute Gasteiger partial charge is 0.146 e. The summed E-state index contributed by atoms with van der Waals surface area (Å²) in [5, 5.41) is 0. The number of allylic oxidation sites excluding steroid dienone is 1. The zero-order valence-electron chi connectivity index (χ0n) is 7.13. The fourth-order valence-corrected chi connectivity index (χ4v) is 1.07. The lowest BCUT2D eigenvalue weighted by molar-refractivity contribution is 0.632. The van der Waals surface area contributed by atoms with Crippen LogP contribution in [-0.2, 0) is 0 Å². The molecule has 0 spiro atoms. The number of nitrogens with two attached hydrogens (primary N) is 1. The highest BCUT2D eigenvalue weighted by Crippen LogP contribution is 2.13. The van der Waals surface area contributed by atoms with E-state index in [0.29, 0.717) is 5.88 Å². The molecule has 0 atom stereocenters. The molecule has 0 bridgehead atoms. The van der Waals surface area contributed by atoms with Crippen molar-refractivity contribution in [3.05, 3.63) is 35.7 Å². The predicted molar refractivity (Wildman–Crippen MR) is 55.2 cm³/mol. The number of halogens is 2. The highest BCUT2D eigenvalue weighted by atomic mass is 35.5. The maximum atomic E-state index is 12.7. The highest BCUT2D eigenvalue weighted by Gasteiger charge is 1.96. The largest absolute Gasteiger partial charge is 0.396 e. The SMILES string of the molecule is Nc1cc(C=CCCCl)ccc1F. The third-order valence-corrected chi connectivity index (χ3v) is 1.82. The molecule has 1 rings (SSSR count). The van der Waals surface area contributed by atoms with Gasteiger partial charge in [0.25, 0.3) is 0 Å². The van der Waals surface area contributed by atoms with E-state index < -0.39 is 0 Å². The summed E-state index contributed by atoms with van der Waals surface area (Å²) in [7, 11) is 0. The van der Waals surface area contributed by atoms with E-state index in [1.165, 1.54) is 6.07 Å². The summed E-state index contributed by atoms with van der Waals surface area (Å²) in [6.07, 6.45) is 4.61. The Labute approximate surface area is 82.0 Å². The average molecular weight is 200 g/mol. The normalized spacial score (nSPS) is 10.9. The molecule has 0 aliphatic rings. The molecule has 3 heteroatoms. The Balaban J connectivity index is 2.73. The third-order valence-electron chi connectivity index (χ3n) is 1.61. The molecule has 1 nitrogen and oxygen atoms in total. The van der Waals surface area contributed by atoms with Gasteiger partial charge in [-0.2, -0.15) is 0 Å². The minimum absolute atomic E-state index is 0.174. The van der Waals surface area contributed by atoms with E-state index in [-0.39, 0.29) is 11.5 Å². The molecule has 0 saturated carbocycles. The Morgan fingerprint density at radius 2 is 2.23 bits per heavy atom. The Morgan fingerprint density at radius 3 is 2.85 bits per heavy atom. The van der Waals surface area contributed by atoms with Crippen molar-refractivity contribution < 1.29 is 4.39 Å². The van der Waals surface area contributed by atoms with E-state index in [0.717, 1.165) is 12.0 Å². The van der Waals surface area contributed by atoms with Crippen molar-refractivity contribution in [2.75, 3.05) is 11.6 Å². The zero-order valence-corrected chi connectivity index (χ0v) is 7.89. The van der Waals surface area contributed by atoms with Gasteiger partial charge in [-0.3, -0.25) is 0 Å². The Kier molecular flexibility index (Phi) is 3.77. The van der Waals surface area contributed by atoms with Gasteiger partial charge in [-0.25, -0.2) is 4.39 Å². The molecule has 0 aliphatic carbocycles. The standard InChI is InChI=1S/C10H11ClFN/c11-6-2-1-3-8-4-5-9(12)10(13)7-8/h1,3-5,7H,2,6,13H2. The van der Waals surface area contributed by atoms with Gasteiger partial charge in [0.1, 0.15) is 5.82 Å². The predicted octanol–water partition coefficient (Wildman–Crippen LogP) is 3.05. The number of anilines is 1. The molecule has 70 valence electrons. The third kappa shape index (κ3) is 3.07. The molecule has 0 amide bonds. The second-order valence-electron chi connectivity index (χ2n) is 2.66. The van der Waals surface area contributed by atoms with Crippen molar-refractivity contribution in [1.82, 2.24) is 0 Å². The second kappa shape index (κ2) is 4.87. The molecule has 1 aromatic rings. The van der Waals surface area contributed by atoms with Crippen LogP contribution in [-0.4, -0.2) is 5.88 Å². The maximum absolute atomic E-state index is 12.7. The summed E-state index contributed by atoms with van der Waals surface area (Å²) in [6, 6.07) is 4.63. The Morgan fingerprint density at radius 1 is 1.46 bits per heavy atom. The first-order chi connectivity index (χ1) is 6.24. The summed E-state index contributed by atoms with van der Waals surface area (Å²) >= 11 is 5.49. The van der Waals surface area contributed by atoms with Crippen molar-refractivity contribution >= 4 is 23.4 Å². The van der Waals surface area contributed by atoms with Crippen LogP contribution in [0.1, 0.15) is 12.0 Å². The van der Waals surface area contributed by atoms with Gasteiger partial charge in [0, 0.05) is 5.88 Å². The minimum atomic E-state index is -0.380. The van der Waals surface area contributed by atoms with Crippen LogP contribution in [0.25, 0.3) is 6.08 Å². The molecular formula is C10H11ClFN. The minimum Gasteiger partial charge on any atom is -0.396 e. The molecule has 2 N–H and O–H groups in total. The summed E-state index contributed by atoms with van der Waals surface area (Å²) in [5.41, 5.74) is 6.46. The van der Waals surface area contributed by atoms with Gasteiger partial charge in [0.2, 0.25) is 0 Å². The topological polar surface area (TPSA) is 26.0 Å². The van der Waals surface area contributed by atoms with E-state index in [1.807, 2.05) is 12.2 Å². The van der Waals surface area contributed by atoms with Gasteiger partial charge < -0.3 is 5.73 Å². The quantitative estimate of drug-likeness (QED) is 0.588. The van der Waals surface area contributed by atoms with Crippen molar-refractivity contribution in [2.24, 2.45) is 0 Å². The van der Waals surface area contributed by atoms with Crippen LogP contribution in [0.15, 0.2) is 24.3 Å². The number of rotatable bonds is 3. The number of hydrogen-bond acceptors (Lipinski definition) is 1. The van der Waals surface area contributed by atoms with Gasteiger partial charge in [0.15, 0.2) is 0 Å². The molecule has 0 aliphatic heterocycles. The first kappa shape index (κ1) is 10.1. The molecule has 0 aromatic heterocycles. The van der Waals surface area contributed by atoms with Crippen LogP contribution >= 0.6 is 11.6 Å². The number of nitrogen functional groups attached to an aromatic ring is 1. The maximum Gasteiger partial charge on any atom is 0.146 e. The molecule has 0 saturated heterocycles. The molecule has 0 radical (unpaired) electrons. The summed E-state index contributed by atoms with van der Waals surface area (Å²) in [4.78, 5) is 0. The van der Waals surface area contributed by atoms with E-state index in [9.17, 15) is 4.39 Å². The summed E-state index contributed by atoms with van der Waals surface area (Å²) in [6.45, 7) is 0. The molecule has 0 heterocycles. The number of benzene rings is 1. The monoisotopic (exact) mass is 199 g/mol. The Bertz CT molecular complexity index is 310. The number of hydrogen-bond donors (Lipinski definition) is 1. The zero-order chi connectivity index (χ0) is 9.68. The highest BCUT2D eigenvalue weighted by molar-refractivity contribution is 6.17. The van der Waals surface area contributed by atoms with Crippen molar-refractivity contribution in [2.45, 2.75) is 6.42 Å². The lowest BCUT2D eigenvalue weighted by atomic mass is 10.2. The molecule has 0 unspecified atom stereocenters. The van der Waals surface area contributed by atoms with Crippen LogP contribution in [0.3, 0.4) is 0 Å². The molecule has 1 aromatic carbocycles. The van der Waals surface area contributed by atoms with Crippen LogP contribution in [0.5, 0.6) is 0 Å². The van der Waals surface area contributed by atoms with E-state index in [1.54, 1.807) is 12.1 Å². The average Bonchev–Trinajstić information content (AvgIpc) is 2.12. The van der Waals surface area contributed by atoms with Crippen molar-refractivity contribution in [3.8, 4) is 0 Å². The molecular weight excluding hydrogens is 189 g/mol. The Hall–Kier alpha value is -1.02.